The van der Waals surface area contributed by atoms with E-state index in [4.69, 9.17) is 4.74 Å². The number of ether oxygens (including phenoxy) is 1. The molecule has 1 heterocycles. The second-order valence-electron chi connectivity index (χ2n) is 4.96. The minimum atomic E-state index is -0.314. The van der Waals surface area contributed by atoms with Crippen molar-refractivity contribution in [2.45, 2.75) is 52.9 Å². The summed E-state index contributed by atoms with van der Waals surface area (Å²) in [6.07, 6.45) is 0.873. The van der Waals surface area contributed by atoms with Crippen LogP contribution in [0.2, 0.25) is 0 Å². The van der Waals surface area contributed by atoms with E-state index in [1.165, 1.54) is 0 Å². The third-order valence-corrected chi connectivity index (χ3v) is 2.10. The zero-order chi connectivity index (χ0) is 12.3. The first-order valence-corrected chi connectivity index (χ1v) is 5.47. The van der Waals surface area contributed by atoms with Crippen molar-refractivity contribution in [2.24, 2.45) is 0 Å². The average Bonchev–Trinajstić information content (AvgIpc) is 2.42. The van der Waals surface area contributed by atoms with Crippen LogP contribution in [0.1, 0.15) is 44.8 Å². The molecule has 1 aromatic heterocycles. The maximum absolute atomic E-state index is 10.7. The number of hydrogen-bond donors (Lipinski definition) is 0. The molecule has 0 aliphatic rings. The van der Waals surface area contributed by atoms with E-state index in [2.05, 4.69) is 5.10 Å². The van der Waals surface area contributed by atoms with Gasteiger partial charge in [0, 0.05) is 5.69 Å². The molecule has 0 saturated carbocycles. The van der Waals surface area contributed by atoms with Crippen LogP contribution in [0.25, 0.3) is 0 Å². The van der Waals surface area contributed by atoms with E-state index in [0.717, 1.165) is 17.7 Å². The number of aryl methyl sites for hydroxylation is 2. The molecule has 0 saturated heterocycles. The van der Waals surface area contributed by atoms with Gasteiger partial charge in [0.1, 0.15) is 6.29 Å². The van der Waals surface area contributed by atoms with E-state index in [9.17, 15) is 4.79 Å². The molecule has 0 amide bonds. The van der Waals surface area contributed by atoms with Crippen molar-refractivity contribution in [1.82, 2.24) is 9.78 Å². The molecular formula is C12H20N2O2. The third kappa shape index (κ3) is 3.45. The van der Waals surface area contributed by atoms with Crippen LogP contribution in [0.5, 0.6) is 0 Å². The molecule has 0 radical (unpaired) electrons. The van der Waals surface area contributed by atoms with E-state index in [0.29, 0.717) is 6.42 Å². The number of aldehydes is 1. The minimum absolute atomic E-state index is 0.292. The van der Waals surface area contributed by atoms with Gasteiger partial charge in [0.15, 0.2) is 6.23 Å². The first-order valence-electron chi connectivity index (χ1n) is 5.47. The number of carbonyl (C=O) groups excluding carboxylic acids is 1. The third-order valence-electron chi connectivity index (χ3n) is 2.10. The molecule has 1 atom stereocenters. The van der Waals surface area contributed by atoms with Gasteiger partial charge in [0.05, 0.1) is 17.7 Å². The Morgan fingerprint density at radius 3 is 2.50 bits per heavy atom. The van der Waals surface area contributed by atoms with Gasteiger partial charge in [-0.2, -0.15) is 5.10 Å². The number of nitrogens with zero attached hydrogens (tertiary/aromatic N) is 2. The van der Waals surface area contributed by atoms with E-state index in [1.54, 1.807) is 4.68 Å². The zero-order valence-electron chi connectivity index (χ0n) is 10.7. The van der Waals surface area contributed by atoms with Gasteiger partial charge in [-0.1, -0.05) is 0 Å². The van der Waals surface area contributed by atoms with Gasteiger partial charge in [0.2, 0.25) is 0 Å². The van der Waals surface area contributed by atoms with Crippen LogP contribution in [0.15, 0.2) is 6.07 Å². The molecular weight excluding hydrogens is 204 g/mol. The van der Waals surface area contributed by atoms with Crippen LogP contribution < -0.4 is 0 Å². The smallest absolute Gasteiger partial charge is 0.157 e. The lowest BCUT2D eigenvalue weighted by atomic mass is 10.2. The largest absolute Gasteiger partial charge is 0.350 e. The number of hydrogen-bond acceptors (Lipinski definition) is 3. The maximum Gasteiger partial charge on any atom is 0.157 e. The Kier molecular flexibility index (Phi) is 3.86. The lowest BCUT2D eigenvalue weighted by molar-refractivity contribution is -0.125. The van der Waals surface area contributed by atoms with Crippen molar-refractivity contribution in [3.05, 3.63) is 17.5 Å². The molecule has 0 N–H and O–H groups in total. The van der Waals surface area contributed by atoms with Crippen LogP contribution in [-0.2, 0) is 9.53 Å². The Bertz CT molecular complexity index is 364. The van der Waals surface area contributed by atoms with Crippen molar-refractivity contribution in [1.29, 1.82) is 0 Å². The van der Waals surface area contributed by atoms with Gasteiger partial charge in [-0.05, 0) is 40.7 Å². The lowest BCUT2D eigenvalue weighted by Gasteiger charge is -2.27. The summed E-state index contributed by atoms with van der Waals surface area (Å²) in [5.41, 5.74) is 1.65. The van der Waals surface area contributed by atoms with Crippen LogP contribution in [0.4, 0.5) is 0 Å². The summed E-state index contributed by atoms with van der Waals surface area (Å²) in [4.78, 5) is 10.7. The normalized spacial score (nSPS) is 13.8. The van der Waals surface area contributed by atoms with E-state index >= 15 is 0 Å². The van der Waals surface area contributed by atoms with E-state index in [1.807, 2.05) is 40.7 Å². The Morgan fingerprint density at radius 1 is 1.50 bits per heavy atom. The van der Waals surface area contributed by atoms with Gasteiger partial charge in [-0.25, -0.2) is 4.68 Å². The summed E-state index contributed by atoms with van der Waals surface area (Å²) in [5.74, 6) is 0. The topological polar surface area (TPSA) is 44.1 Å². The van der Waals surface area contributed by atoms with Crippen molar-refractivity contribution in [2.75, 3.05) is 0 Å². The lowest BCUT2D eigenvalue weighted by Crippen LogP contribution is -2.27. The first-order chi connectivity index (χ1) is 7.33. The minimum Gasteiger partial charge on any atom is -0.350 e. The molecule has 0 spiro atoms. The highest BCUT2D eigenvalue weighted by Gasteiger charge is 2.21. The fourth-order valence-electron chi connectivity index (χ4n) is 1.63. The highest BCUT2D eigenvalue weighted by molar-refractivity contribution is 5.49. The summed E-state index contributed by atoms with van der Waals surface area (Å²) in [6, 6.07) is 1.98. The Labute approximate surface area is 96.6 Å². The van der Waals surface area contributed by atoms with Gasteiger partial charge in [0.25, 0.3) is 0 Å². The van der Waals surface area contributed by atoms with Crippen molar-refractivity contribution < 1.29 is 9.53 Å². The molecule has 0 aliphatic heterocycles. The molecule has 4 heteroatoms. The molecule has 0 aromatic carbocycles. The highest BCUT2D eigenvalue weighted by Crippen LogP contribution is 2.22. The van der Waals surface area contributed by atoms with Gasteiger partial charge in [-0.15, -0.1) is 0 Å². The number of aromatic nitrogens is 2. The fraction of sp³-hybridized carbons (Fsp3) is 0.667. The van der Waals surface area contributed by atoms with Gasteiger partial charge >= 0.3 is 0 Å². The molecule has 1 aromatic rings. The standard InChI is InChI=1S/C12H20N2O2/c1-9-8-10(2)14(13-9)11(6-7-15)16-12(3,4)5/h7-8,11H,6H2,1-5H3. The molecule has 0 bridgehead atoms. The predicted molar refractivity (Wildman–Crippen MR) is 62.3 cm³/mol. The summed E-state index contributed by atoms with van der Waals surface area (Å²) in [5, 5.41) is 4.35. The van der Waals surface area contributed by atoms with Crippen LogP contribution in [-0.4, -0.2) is 21.7 Å². The SMILES string of the molecule is Cc1cc(C)n(C(CC=O)OC(C)(C)C)n1. The summed E-state index contributed by atoms with van der Waals surface area (Å²) in [7, 11) is 0. The summed E-state index contributed by atoms with van der Waals surface area (Å²) < 4.78 is 7.60. The van der Waals surface area contributed by atoms with Crippen LogP contribution >= 0.6 is 0 Å². The molecule has 0 aliphatic carbocycles. The molecule has 16 heavy (non-hydrogen) atoms. The van der Waals surface area contributed by atoms with Crippen LogP contribution in [0.3, 0.4) is 0 Å². The van der Waals surface area contributed by atoms with Gasteiger partial charge in [-0.3, -0.25) is 0 Å². The van der Waals surface area contributed by atoms with Gasteiger partial charge < -0.3 is 9.53 Å². The second kappa shape index (κ2) is 4.78. The van der Waals surface area contributed by atoms with E-state index in [-0.39, 0.29) is 11.8 Å². The average molecular weight is 224 g/mol. The maximum atomic E-state index is 10.7. The number of carbonyl (C=O) groups is 1. The molecule has 90 valence electrons. The van der Waals surface area contributed by atoms with Crippen LogP contribution in [0, 0.1) is 13.8 Å². The number of rotatable bonds is 4. The van der Waals surface area contributed by atoms with Crippen molar-refractivity contribution in [3.8, 4) is 0 Å². The Hall–Kier alpha value is -1.16. The summed E-state index contributed by atoms with van der Waals surface area (Å²) in [6.45, 7) is 9.80. The Balaban J connectivity index is 2.93. The molecule has 4 nitrogen and oxygen atoms in total. The fourth-order valence-corrected chi connectivity index (χ4v) is 1.63. The van der Waals surface area contributed by atoms with Crippen molar-refractivity contribution in [3.63, 3.8) is 0 Å². The first kappa shape index (κ1) is 12.9. The summed E-state index contributed by atoms with van der Waals surface area (Å²) >= 11 is 0. The van der Waals surface area contributed by atoms with E-state index < -0.39 is 0 Å². The molecule has 0 fully saturated rings. The predicted octanol–water partition coefficient (Wildman–Crippen LogP) is 2.40. The quantitative estimate of drug-likeness (QED) is 0.738. The monoisotopic (exact) mass is 224 g/mol. The Morgan fingerprint density at radius 2 is 2.12 bits per heavy atom. The molecule has 1 rings (SSSR count). The van der Waals surface area contributed by atoms with Crippen molar-refractivity contribution >= 4 is 6.29 Å². The zero-order valence-corrected chi connectivity index (χ0v) is 10.7. The second-order valence-corrected chi connectivity index (χ2v) is 4.96. The molecule has 1 unspecified atom stereocenters. The highest BCUT2D eigenvalue weighted by atomic mass is 16.5.